The molecule has 118 valence electrons. The van der Waals surface area contributed by atoms with Gasteiger partial charge >= 0.3 is 0 Å². The van der Waals surface area contributed by atoms with Crippen molar-refractivity contribution >= 4 is 5.91 Å². The number of nitrogens with one attached hydrogen (secondary N) is 1. The van der Waals surface area contributed by atoms with E-state index in [-0.39, 0.29) is 12.0 Å². The number of likely N-dealkylation sites (N-methyl/N-ethyl adjacent to an activating group) is 1. The van der Waals surface area contributed by atoms with E-state index in [1.165, 1.54) is 0 Å². The summed E-state index contributed by atoms with van der Waals surface area (Å²) in [4.78, 5) is 13.8. The van der Waals surface area contributed by atoms with Crippen LogP contribution in [0.3, 0.4) is 0 Å². The maximum absolute atomic E-state index is 11.9. The van der Waals surface area contributed by atoms with Gasteiger partial charge in [0.2, 0.25) is 5.91 Å². The molecule has 2 rings (SSSR count). The molecule has 1 aromatic rings. The van der Waals surface area contributed by atoms with E-state index >= 15 is 0 Å². The highest BCUT2D eigenvalue weighted by atomic mass is 16.5. The number of carbonyl (C=O) groups is 1. The number of rotatable bonds is 7. The second-order valence-electron chi connectivity index (χ2n) is 5.86. The van der Waals surface area contributed by atoms with E-state index in [4.69, 9.17) is 4.74 Å². The van der Waals surface area contributed by atoms with Crippen molar-refractivity contribution in [3.8, 4) is 0 Å². The van der Waals surface area contributed by atoms with Crippen LogP contribution < -0.4 is 5.32 Å². The monoisotopic (exact) mass is 295 g/mol. The molecule has 0 unspecified atom stereocenters. The van der Waals surface area contributed by atoms with Crippen molar-refractivity contribution in [2.45, 2.75) is 45.4 Å². The van der Waals surface area contributed by atoms with E-state index in [9.17, 15) is 4.79 Å². The smallest absolute Gasteiger partial charge is 0.234 e. The van der Waals surface area contributed by atoms with Gasteiger partial charge < -0.3 is 14.6 Å². The average Bonchev–Trinajstić information content (AvgIpc) is 3.06. The molecule has 7 heteroatoms. The average molecular weight is 295 g/mol. The number of amides is 1. The first-order chi connectivity index (χ1) is 10.1. The minimum Gasteiger partial charge on any atom is -0.376 e. The lowest BCUT2D eigenvalue weighted by Crippen LogP contribution is -2.38. The molecular weight excluding hydrogens is 270 g/mol. The summed E-state index contributed by atoms with van der Waals surface area (Å²) in [5.74, 6) is 0.892. The Balaban J connectivity index is 1.74. The Kier molecular flexibility index (Phi) is 5.69. The van der Waals surface area contributed by atoms with Gasteiger partial charge in [0.15, 0.2) is 0 Å². The van der Waals surface area contributed by atoms with Crippen LogP contribution in [0.25, 0.3) is 0 Å². The molecule has 1 fully saturated rings. The van der Waals surface area contributed by atoms with Crippen LogP contribution in [0.1, 0.15) is 38.6 Å². The number of nitrogens with zero attached hydrogens (tertiary/aromatic N) is 4. The van der Waals surface area contributed by atoms with Crippen molar-refractivity contribution < 1.29 is 9.53 Å². The lowest BCUT2D eigenvalue weighted by atomic mass is 10.2. The molecule has 0 spiro atoms. The molecule has 1 atom stereocenters. The van der Waals surface area contributed by atoms with E-state index < -0.39 is 0 Å². The van der Waals surface area contributed by atoms with Gasteiger partial charge in [0, 0.05) is 19.2 Å². The van der Waals surface area contributed by atoms with Crippen LogP contribution in [0.15, 0.2) is 6.33 Å². The Hall–Kier alpha value is -1.47. The van der Waals surface area contributed by atoms with Crippen LogP contribution >= 0.6 is 0 Å². The molecule has 1 saturated heterocycles. The van der Waals surface area contributed by atoms with Crippen molar-refractivity contribution in [3.63, 3.8) is 0 Å². The Labute approximate surface area is 125 Å². The maximum Gasteiger partial charge on any atom is 0.234 e. The summed E-state index contributed by atoms with van der Waals surface area (Å²) >= 11 is 0. The van der Waals surface area contributed by atoms with Crippen LogP contribution in [0.4, 0.5) is 0 Å². The molecule has 0 bridgehead atoms. The standard InChI is InChI=1S/C14H25N5O2/c1-11(2)19-10-16-17-13(19)8-18(3)9-14(20)15-7-12-5-4-6-21-12/h10-12H,4-9H2,1-3H3,(H,15,20)/t12-/m0/s1. The minimum atomic E-state index is 0.0172. The molecule has 0 radical (unpaired) electrons. The second kappa shape index (κ2) is 7.51. The Bertz CT molecular complexity index is 454. The zero-order valence-electron chi connectivity index (χ0n) is 13.1. The van der Waals surface area contributed by atoms with Crippen molar-refractivity contribution in [2.75, 3.05) is 26.7 Å². The third-order valence-corrected chi connectivity index (χ3v) is 3.58. The normalized spacial score (nSPS) is 18.6. The van der Waals surface area contributed by atoms with Crippen molar-refractivity contribution in [1.82, 2.24) is 25.0 Å². The van der Waals surface area contributed by atoms with Crippen LogP contribution in [0.2, 0.25) is 0 Å². The van der Waals surface area contributed by atoms with Crippen molar-refractivity contribution in [3.05, 3.63) is 12.2 Å². The minimum absolute atomic E-state index is 0.0172. The largest absolute Gasteiger partial charge is 0.376 e. The first-order valence-corrected chi connectivity index (χ1v) is 7.51. The van der Waals surface area contributed by atoms with E-state index in [0.29, 0.717) is 25.7 Å². The highest BCUT2D eigenvalue weighted by Crippen LogP contribution is 2.10. The fraction of sp³-hybridized carbons (Fsp3) is 0.786. The highest BCUT2D eigenvalue weighted by Gasteiger charge is 2.17. The summed E-state index contributed by atoms with van der Waals surface area (Å²) in [6.07, 6.45) is 4.04. The predicted molar refractivity (Wildman–Crippen MR) is 78.7 cm³/mol. The Morgan fingerprint density at radius 1 is 1.62 bits per heavy atom. The summed E-state index contributed by atoms with van der Waals surface area (Å²) in [6, 6.07) is 0.316. The molecule has 0 saturated carbocycles. The zero-order chi connectivity index (χ0) is 15.2. The molecule has 1 aliphatic heterocycles. The number of hydrogen-bond donors (Lipinski definition) is 1. The molecule has 2 heterocycles. The topological polar surface area (TPSA) is 72.3 Å². The van der Waals surface area contributed by atoms with E-state index in [2.05, 4.69) is 29.4 Å². The SMILES string of the molecule is CC(C)n1cnnc1CN(C)CC(=O)NC[C@@H]1CCCO1. The fourth-order valence-corrected chi connectivity index (χ4v) is 2.44. The lowest BCUT2D eigenvalue weighted by Gasteiger charge is -2.18. The molecule has 1 N–H and O–H groups in total. The van der Waals surface area contributed by atoms with Crippen LogP contribution in [-0.2, 0) is 16.1 Å². The second-order valence-corrected chi connectivity index (χ2v) is 5.86. The van der Waals surface area contributed by atoms with Gasteiger partial charge in [-0.3, -0.25) is 9.69 Å². The summed E-state index contributed by atoms with van der Waals surface area (Å²) < 4.78 is 7.50. The van der Waals surface area contributed by atoms with Crippen molar-refractivity contribution in [1.29, 1.82) is 0 Å². The number of ether oxygens (including phenoxy) is 1. The first kappa shape index (κ1) is 15.9. The van der Waals surface area contributed by atoms with Crippen LogP contribution in [0, 0.1) is 0 Å². The number of aromatic nitrogens is 3. The molecule has 21 heavy (non-hydrogen) atoms. The number of carbonyl (C=O) groups excluding carboxylic acids is 1. The van der Waals surface area contributed by atoms with Gasteiger partial charge in [0.25, 0.3) is 0 Å². The molecule has 0 aliphatic carbocycles. The summed E-state index contributed by atoms with van der Waals surface area (Å²) in [5.41, 5.74) is 0. The third kappa shape index (κ3) is 4.78. The molecule has 1 aliphatic rings. The van der Waals surface area contributed by atoms with Gasteiger partial charge in [-0.1, -0.05) is 0 Å². The van der Waals surface area contributed by atoms with Gasteiger partial charge in [0.05, 0.1) is 19.2 Å². The van der Waals surface area contributed by atoms with E-state index in [1.807, 2.05) is 16.5 Å². The van der Waals surface area contributed by atoms with E-state index in [1.54, 1.807) is 6.33 Å². The Morgan fingerprint density at radius 3 is 3.10 bits per heavy atom. The van der Waals surface area contributed by atoms with Gasteiger partial charge in [-0.15, -0.1) is 10.2 Å². The third-order valence-electron chi connectivity index (χ3n) is 3.58. The van der Waals surface area contributed by atoms with Crippen LogP contribution in [0.5, 0.6) is 0 Å². The van der Waals surface area contributed by atoms with Gasteiger partial charge in [-0.25, -0.2) is 0 Å². The zero-order valence-corrected chi connectivity index (χ0v) is 13.1. The summed E-state index contributed by atoms with van der Waals surface area (Å²) in [6.45, 7) is 6.53. The quantitative estimate of drug-likeness (QED) is 0.797. The molecule has 1 aromatic heterocycles. The van der Waals surface area contributed by atoms with Crippen molar-refractivity contribution in [2.24, 2.45) is 0 Å². The number of hydrogen-bond acceptors (Lipinski definition) is 5. The van der Waals surface area contributed by atoms with Gasteiger partial charge in [0.1, 0.15) is 12.2 Å². The molecule has 1 amide bonds. The maximum atomic E-state index is 11.9. The van der Waals surface area contributed by atoms with Gasteiger partial charge in [-0.05, 0) is 33.7 Å². The van der Waals surface area contributed by atoms with Crippen LogP contribution in [-0.4, -0.2) is 58.4 Å². The fourth-order valence-electron chi connectivity index (χ4n) is 2.44. The van der Waals surface area contributed by atoms with E-state index in [0.717, 1.165) is 25.3 Å². The molecular formula is C14H25N5O2. The lowest BCUT2D eigenvalue weighted by molar-refractivity contribution is -0.122. The Morgan fingerprint density at radius 2 is 2.43 bits per heavy atom. The molecule has 0 aromatic carbocycles. The highest BCUT2D eigenvalue weighted by molar-refractivity contribution is 5.77. The summed E-state index contributed by atoms with van der Waals surface area (Å²) in [5, 5.41) is 11.0. The summed E-state index contributed by atoms with van der Waals surface area (Å²) in [7, 11) is 1.91. The molecule has 7 nitrogen and oxygen atoms in total. The first-order valence-electron chi connectivity index (χ1n) is 7.51. The predicted octanol–water partition coefficient (Wildman–Crippen LogP) is 0.586. The van der Waals surface area contributed by atoms with Gasteiger partial charge in [-0.2, -0.15) is 0 Å².